The highest BCUT2D eigenvalue weighted by molar-refractivity contribution is 7.80. The van der Waals surface area contributed by atoms with Crippen LogP contribution in [-0.2, 0) is 0 Å². The van der Waals surface area contributed by atoms with E-state index in [1.54, 1.807) is 19.2 Å². The number of benzene rings is 1. The maximum atomic E-state index is 14.0. The van der Waals surface area contributed by atoms with Crippen LogP contribution in [0.25, 0.3) is 5.82 Å². The minimum absolute atomic E-state index is 0.187. The van der Waals surface area contributed by atoms with Crippen LogP contribution in [0.3, 0.4) is 0 Å². The standard InChI is InChI=1S/C25H22FN5S/c1-16-8-11-22(28-15-16)30-13-5-7-21(30)24-23(20-6-3-4-12-27-20)29-25(32)31(24)18-9-10-19(26)17(2)14-18/h3-15,23-24H,1-2H3,(H,29,32). The van der Waals surface area contributed by atoms with E-state index >= 15 is 0 Å². The second kappa shape index (κ2) is 8.16. The Morgan fingerprint density at radius 2 is 1.88 bits per heavy atom. The van der Waals surface area contributed by atoms with Gasteiger partial charge < -0.3 is 14.8 Å². The molecule has 5 nitrogen and oxygen atoms in total. The molecule has 4 heterocycles. The molecule has 32 heavy (non-hydrogen) atoms. The van der Waals surface area contributed by atoms with Gasteiger partial charge in [0.05, 0.1) is 11.7 Å². The van der Waals surface area contributed by atoms with E-state index in [0.717, 1.165) is 28.5 Å². The Hall–Kier alpha value is -3.58. The van der Waals surface area contributed by atoms with Gasteiger partial charge >= 0.3 is 0 Å². The maximum absolute atomic E-state index is 14.0. The molecule has 1 aliphatic rings. The second-order valence-electron chi connectivity index (χ2n) is 7.93. The monoisotopic (exact) mass is 443 g/mol. The first-order valence-electron chi connectivity index (χ1n) is 10.4. The SMILES string of the molecule is Cc1ccc(-n2cccc2C2C(c3ccccn3)NC(=S)N2c2ccc(F)c(C)c2)nc1. The molecule has 1 N–H and O–H groups in total. The van der Waals surface area contributed by atoms with Crippen molar-refractivity contribution in [1.82, 2.24) is 19.9 Å². The van der Waals surface area contributed by atoms with E-state index in [1.165, 1.54) is 6.07 Å². The third-order valence-corrected chi connectivity index (χ3v) is 6.06. The van der Waals surface area contributed by atoms with Gasteiger partial charge in [-0.05, 0) is 85.7 Å². The number of nitrogens with zero attached hydrogens (tertiary/aromatic N) is 4. The zero-order valence-corrected chi connectivity index (χ0v) is 18.6. The van der Waals surface area contributed by atoms with Gasteiger partial charge in [-0.25, -0.2) is 9.37 Å². The fourth-order valence-electron chi connectivity index (χ4n) is 4.16. The number of thiocarbonyl (C=S) groups is 1. The zero-order chi connectivity index (χ0) is 22.2. The number of rotatable bonds is 4. The summed E-state index contributed by atoms with van der Waals surface area (Å²) in [6.07, 6.45) is 5.63. The molecule has 0 amide bonds. The molecule has 0 aliphatic carbocycles. The lowest BCUT2D eigenvalue weighted by Gasteiger charge is -2.29. The van der Waals surface area contributed by atoms with Gasteiger partial charge in [0.15, 0.2) is 5.11 Å². The van der Waals surface area contributed by atoms with Crippen molar-refractivity contribution in [2.45, 2.75) is 25.9 Å². The lowest BCUT2D eigenvalue weighted by molar-refractivity contribution is 0.548. The molecule has 0 spiro atoms. The molecular weight excluding hydrogens is 421 g/mol. The predicted octanol–water partition coefficient (Wildman–Crippen LogP) is 5.20. The summed E-state index contributed by atoms with van der Waals surface area (Å²) in [5.41, 5.74) is 4.38. The molecule has 7 heteroatoms. The van der Waals surface area contributed by atoms with Crippen LogP contribution in [0, 0.1) is 19.7 Å². The van der Waals surface area contributed by atoms with Crippen molar-refractivity contribution in [1.29, 1.82) is 0 Å². The van der Waals surface area contributed by atoms with Crippen molar-refractivity contribution in [3.63, 3.8) is 0 Å². The van der Waals surface area contributed by atoms with E-state index in [4.69, 9.17) is 12.2 Å². The van der Waals surface area contributed by atoms with Crippen LogP contribution in [0.2, 0.25) is 0 Å². The first-order valence-corrected chi connectivity index (χ1v) is 10.8. The van der Waals surface area contributed by atoms with Gasteiger partial charge in [-0.3, -0.25) is 4.98 Å². The minimum atomic E-state index is -0.239. The molecule has 3 aromatic heterocycles. The summed E-state index contributed by atoms with van der Waals surface area (Å²) in [5, 5.41) is 4.02. The van der Waals surface area contributed by atoms with Crippen molar-refractivity contribution in [2.24, 2.45) is 0 Å². The van der Waals surface area contributed by atoms with Crippen LogP contribution in [0.15, 0.2) is 79.3 Å². The summed E-state index contributed by atoms with van der Waals surface area (Å²) in [7, 11) is 0. The lowest BCUT2D eigenvalue weighted by Crippen LogP contribution is -2.30. The van der Waals surface area contributed by atoms with Crippen molar-refractivity contribution in [3.8, 4) is 5.82 Å². The maximum Gasteiger partial charge on any atom is 0.174 e. The van der Waals surface area contributed by atoms with Crippen LogP contribution in [0.5, 0.6) is 0 Å². The minimum Gasteiger partial charge on any atom is -0.351 e. The predicted molar refractivity (Wildman–Crippen MR) is 127 cm³/mol. The third kappa shape index (κ3) is 3.54. The summed E-state index contributed by atoms with van der Waals surface area (Å²) in [5.74, 6) is 0.584. The summed E-state index contributed by atoms with van der Waals surface area (Å²) < 4.78 is 16.1. The van der Waals surface area contributed by atoms with E-state index in [0.29, 0.717) is 10.7 Å². The zero-order valence-electron chi connectivity index (χ0n) is 17.7. The summed E-state index contributed by atoms with van der Waals surface area (Å²) in [4.78, 5) is 11.3. The van der Waals surface area contributed by atoms with Crippen LogP contribution in [0.1, 0.15) is 34.6 Å². The molecule has 0 saturated carbocycles. The molecule has 0 radical (unpaired) electrons. The van der Waals surface area contributed by atoms with Crippen molar-refractivity contribution < 1.29 is 4.39 Å². The van der Waals surface area contributed by atoms with Gasteiger partial charge in [-0.1, -0.05) is 12.1 Å². The Morgan fingerprint density at radius 1 is 1.00 bits per heavy atom. The van der Waals surface area contributed by atoms with Gasteiger partial charge in [0.1, 0.15) is 17.7 Å². The van der Waals surface area contributed by atoms with Crippen LogP contribution >= 0.6 is 12.2 Å². The van der Waals surface area contributed by atoms with Gasteiger partial charge in [0.25, 0.3) is 0 Å². The molecular formula is C25H22FN5S. The van der Waals surface area contributed by atoms with E-state index < -0.39 is 0 Å². The Kier molecular flexibility index (Phi) is 5.19. The van der Waals surface area contributed by atoms with Gasteiger partial charge in [0, 0.05) is 30.0 Å². The average molecular weight is 444 g/mol. The first kappa shape index (κ1) is 20.3. The quantitative estimate of drug-likeness (QED) is 0.439. The summed E-state index contributed by atoms with van der Waals surface area (Å²) >= 11 is 5.77. The highest BCUT2D eigenvalue weighted by atomic mass is 32.1. The largest absolute Gasteiger partial charge is 0.351 e. The molecule has 2 atom stereocenters. The molecule has 1 saturated heterocycles. The van der Waals surface area contributed by atoms with E-state index in [1.807, 2.05) is 66.7 Å². The summed E-state index contributed by atoms with van der Waals surface area (Å²) in [6.45, 7) is 3.78. The number of pyridine rings is 2. The molecule has 4 aromatic rings. The Bertz CT molecular complexity index is 1270. The fraction of sp³-hybridized carbons (Fsp3) is 0.160. The highest BCUT2D eigenvalue weighted by Gasteiger charge is 2.42. The highest BCUT2D eigenvalue weighted by Crippen LogP contribution is 2.42. The summed E-state index contributed by atoms with van der Waals surface area (Å²) in [6, 6.07) is 18.7. The van der Waals surface area contributed by atoms with Crippen LogP contribution in [0.4, 0.5) is 10.1 Å². The Balaban J connectivity index is 1.67. The smallest absolute Gasteiger partial charge is 0.174 e. The molecule has 1 aromatic carbocycles. The van der Waals surface area contributed by atoms with Gasteiger partial charge in [0.2, 0.25) is 0 Å². The van der Waals surface area contributed by atoms with Gasteiger partial charge in [-0.2, -0.15) is 0 Å². The van der Waals surface area contributed by atoms with E-state index in [-0.39, 0.29) is 17.9 Å². The van der Waals surface area contributed by atoms with Crippen molar-refractivity contribution >= 4 is 23.0 Å². The van der Waals surface area contributed by atoms with Crippen LogP contribution < -0.4 is 10.2 Å². The number of nitrogens with one attached hydrogen (secondary N) is 1. The number of halogens is 1. The number of aryl methyl sites for hydroxylation is 2. The molecule has 0 bridgehead atoms. The van der Waals surface area contributed by atoms with Gasteiger partial charge in [-0.15, -0.1) is 0 Å². The third-order valence-electron chi connectivity index (χ3n) is 5.74. The Morgan fingerprint density at radius 3 is 2.59 bits per heavy atom. The molecule has 1 aliphatic heterocycles. The molecule has 5 rings (SSSR count). The number of anilines is 1. The molecule has 2 unspecified atom stereocenters. The van der Waals surface area contributed by atoms with Crippen LogP contribution in [-0.4, -0.2) is 19.6 Å². The lowest BCUT2D eigenvalue weighted by atomic mass is 10.0. The van der Waals surface area contributed by atoms with E-state index in [9.17, 15) is 4.39 Å². The second-order valence-corrected chi connectivity index (χ2v) is 8.31. The fourth-order valence-corrected chi connectivity index (χ4v) is 4.50. The molecule has 160 valence electrons. The number of aromatic nitrogens is 3. The number of hydrogen-bond donors (Lipinski definition) is 1. The first-order chi connectivity index (χ1) is 15.5. The van der Waals surface area contributed by atoms with Crippen molar-refractivity contribution in [3.05, 3.63) is 108 Å². The molecule has 1 fully saturated rings. The Labute approximate surface area is 191 Å². The number of hydrogen-bond acceptors (Lipinski definition) is 3. The normalized spacial score (nSPS) is 18.1. The topological polar surface area (TPSA) is 46.0 Å². The average Bonchev–Trinajstić information content (AvgIpc) is 3.41. The van der Waals surface area contributed by atoms with Crippen molar-refractivity contribution in [2.75, 3.05) is 4.90 Å². The van der Waals surface area contributed by atoms with E-state index in [2.05, 4.69) is 25.9 Å².